The molecule has 4 aromatic rings. The summed E-state index contributed by atoms with van der Waals surface area (Å²) in [6, 6.07) is 18.5. The lowest BCUT2D eigenvalue weighted by molar-refractivity contribution is 0.102. The quantitative estimate of drug-likeness (QED) is 0.535. The van der Waals surface area contributed by atoms with Gasteiger partial charge in [0.25, 0.3) is 5.91 Å². The molecule has 29 heavy (non-hydrogen) atoms. The molecule has 0 atom stereocenters. The van der Waals surface area contributed by atoms with Crippen LogP contribution in [0.2, 0.25) is 0 Å². The second-order valence-corrected chi connectivity index (χ2v) is 6.33. The smallest absolute Gasteiger partial charge is 0.277 e. The Morgan fingerprint density at radius 2 is 1.72 bits per heavy atom. The maximum atomic E-state index is 13.0. The molecule has 4 rings (SSSR count). The predicted molar refractivity (Wildman–Crippen MR) is 107 cm³/mol. The number of amides is 1. The van der Waals surface area contributed by atoms with E-state index < -0.39 is 0 Å². The van der Waals surface area contributed by atoms with Crippen molar-refractivity contribution in [1.29, 1.82) is 0 Å². The fourth-order valence-corrected chi connectivity index (χ4v) is 2.73. The van der Waals surface area contributed by atoms with Gasteiger partial charge in [-0.2, -0.15) is 5.10 Å². The highest BCUT2D eigenvalue weighted by Crippen LogP contribution is 2.22. The van der Waals surface area contributed by atoms with Crippen molar-refractivity contribution in [2.45, 2.75) is 6.92 Å². The van der Waals surface area contributed by atoms with Crippen LogP contribution in [0.25, 0.3) is 5.69 Å². The first-order valence-corrected chi connectivity index (χ1v) is 8.91. The Labute approximate surface area is 166 Å². The molecule has 0 aliphatic rings. The van der Waals surface area contributed by atoms with Crippen LogP contribution in [0.3, 0.4) is 0 Å². The van der Waals surface area contributed by atoms with Gasteiger partial charge in [0.1, 0.15) is 23.1 Å². The van der Waals surface area contributed by atoms with Gasteiger partial charge in [0, 0.05) is 11.8 Å². The van der Waals surface area contributed by atoms with Crippen molar-refractivity contribution in [3.8, 4) is 17.2 Å². The summed E-state index contributed by atoms with van der Waals surface area (Å²) < 4.78 is 20.2. The Balaban J connectivity index is 1.45. The average molecular weight is 388 g/mol. The van der Waals surface area contributed by atoms with Crippen molar-refractivity contribution < 1.29 is 13.9 Å². The number of aromatic nitrogens is 3. The molecule has 1 amide bonds. The van der Waals surface area contributed by atoms with Gasteiger partial charge in [0.15, 0.2) is 5.69 Å². The Kier molecular flexibility index (Phi) is 5.03. The third kappa shape index (κ3) is 4.30. The van der Waals surface area contributed by atoms with E-state index in [1.807, 2.05) is 37.3 Å². The molecule has 0 unspecified atom stereocenters. The summed E-state index contributed by atoms with van der Waals surface area (Å²) in [7, 11) is 0. The van der Waals surface area contributed by atoms with Crippen LogP contribution in [0.5, 0.6) is 11.5 Å². The molecule has 0 aliphatic heterocycles. The minimum Gasteiger partial charge on any atom is -0.456 e. The molecule has 0 saturated heterocycles. The maximum absolute atomic E-state index is 13.0. The van der Waals surface area contributed by atoms with Gasteiger partial charge in [-0.1, -0.05) is 18.2 Å². The number of nitrogens with one attached hydrogen (secondary N) is 1. The maximum Gasteiger partial charge on any atom is 0.277 e. The van der Waals surface area contributed by atoms with Crippen LogP contribution in [0, 0.1) is 12.7 Å². The molecule has 144 valence electrons. The van der Waals surface area contributed by atoms with E-state index in [1.165, 1.54) is 30.5 Å². The molecule has 1 N–H and O–H groups in total. The van der Waals surface area contributed by atoms with Crippen molar-refractivity contribution in [3.05, 3.63) is 96.2 Å². The number of ether oxygens (including phenoxy) is 1. The lowest BCUT2D eigenvalue weighted by Gasteiger charge is -2.07. The molecule has 6 nitrogen and oxygen atoms in total. The van der Waals surface area contributed by atoms with Crippen LogP contribution >= 0.6 is 0 Å². The summed E-state index contributed by atoms with van der Waals surface area (Å²) in [4.78, 5) is 16.8. The first kappa shape index (κ1) is 18.4. The highest BCUT2D eigenvalue weighted by Gasteiger charge is 2.15. The number of para-hydroxylation sites is 1. The molecule has 0 fully saturated rings. The van der Waals surface area contributed by atoms with Gasteiger partial charge < -0.3 is 10.1 Å². The zero-order chi connectivity index (χ0) is 20.2. The summed E-state index contributed by atoms with van der Waals surface area (Å²) in [5, 5.41) is 7.11. The third-order valence-corrected chi connectivity index (χ3v) is 4.16. The van der Waals surface area contributed by atoms with Crippen LogP contribution in [-0.4, -0.2) is 20.7 Å². The minimum atomic E-state index is -0.350. The predicted octanol–water partition coefficient (Wildman–Crippen LogP) is 4.76. The number of hydrogen-bond acceptors (Lipinski definition) is 4. The standard InChI is InChI=1S/C22H17FN4O2/c1-15-14-27(17-5-3-2-4-6-17)26-21(15)22(28)25-20-12-11-19(13-24-20)29-18-9-7-16(23)8-10-18/h2-14H,1H3,(H,24,25,28). The van der Waals surface area contributed by atoms with Crippen molar-refractivity contribution in [2.75, 3.05) is 5.32 Å². The van der Waals surface area contributed by atoms with Gasteiger partial charge in [-0.15, -0.1) is 0 Å². The largest absolute Gasteiger partial charge is 0.456 e. The Bertz CT molecular complexity index is 1120. The molecule has 0 aliphatic carbocycles. The Hall–Kier alpha value is -4.00. The number of pyridine rings is 1. The van der Waals surface area contributed by atoms with Crippen LogP contribution in [0.15, 0.2) is 79.1 Å². The van der Waals surface area contributed by atoms with E-state index in [9.17, 15) is 9.18 Å². The summed E-state index contributed by atoms with van der Waals surface area (Å²) in [6.07, 6.45) is 3.28. The molecule has 0 bridgehead atoms. The van der Waals surface area contributed by atoms with Gasteiger partial charge in [-0.25, -0.2) is 14.1 Å². The summed E-state index contributed by atoms with van der Waals surface area (Å²) in [5.41, 5.74) is 1.94. The Morgan fingerprint density at radius 1 is 1.00 bits per heavy atom. The number of aryl methyl sites for hydroxylation is 1. The monoisotopic (exact) mass is 388 g/mol. The van der Waals surface area contributed by atoms with Gasteiger partial charge >= 0.3 is 0 Å². The fraction of sp³-hybridized carbons (Fsp3) is 0.0455. The molecule has 0 saturated carbocycles. The van der Waals surface area contributed by atoms with Crippen molar-refractivity contribution in [1.82, 2.24) is 14.8 Å². The van der Waals surface area contributed by atoms with Gasteiger partial charge in [0.2, 0.25) is 0 Å². The molecule has 0 spiro atoms. The zero-order valence-electron chi connectivity index (χ0n) is 15.5. The van der Waals surface area contributed by atoms with Gasteiger partial charge in [-0.3, -0.25) is 4.79 Å². The second kappa shape index (κ2) is 7.93. The van der Waals surface area contributed by atoms with E-state index in [0.717, 1.165) is 11.3 Å². The summed E-state index contributed by atoms with van der Waals surface area (Å²) in [5.74, 6) is 0.650. The number of rotatable bonds is 5. The molecule has 2 aromatic heterocycles. The van der Waals surface area contributed by atoms with E-state index in [0.29, 0.717) is 23.0 Å². The van der Waals surface area contributed by atoms with Crippen molar-refractivity contribution >= 4 is 11.7 Å². The second-order valence-electron chi connectivity index (χ2n) is 6.33. The first-order chi connectivity index (χ1) is 14.1. The molecule has 2 heterocycles. The molecular formula is C22H17FN4O2. The van der Waals surface area contributed by atoms with E-state index in [2.05, 4.69) is 15.4 Å². The van der Waals surface area contributed by atoms with E-state index >= 15 is 0 Å². The average Bonchev–Trinajstić information content (AvgIpc) is 3.14. The number of halogens is 1. The normalized spacial score (nSPS) is 10.6. The number of carbonyl (C=O) groups is 1. The molecule has 7 heteroatoms. The van der Waals surface area contributed by atoms with Gasteiger partial charge in [-0.05, 0) is 55.5 Å². The lowest BCUT2D eigenvalue weighted by Crippen LogP contribution is -2.15. The highest BCUT2D eigenvalue weighted by atomic mass is 19.1. The van der Waals surface area contributed by atoms with E-state index in [-0.39, 0.29) is 11.7 Å². The number of nitrogens with zero attached hydrogens (tertiary/aromatic N) is 3. The van der Waals surface area contributed by atoms with Crippen LogP contribution in [0.4, 0.5) is 10.2 Å². The highest BCUT2D eigenvalue weighted by molar-refractivity contribution is 6.03. The number of carbonyl (C=O) groups excluding carboxylic acids is 1. The summed E-state index contributed by atoms with van der Waals surface area (Å²) >= 11 is 0. The van der Waals surface area contributed by atoms with E-state index in [4.69, 9.17) is 4.74 Å². The zero-order valence-corrected chi connectivity index (χ0v) is 15.5. The topological polar surface area (TPSA) is 69.0 Å². The lowest BCUT2D eigenvalue weighted by atomic mass is 10.2. The van der Waals surface area contributed by atoms with E-state index in [1.54, 1.807) is 23.0 Å². The number of hydrogen-bond donors (Lipinski definition) is 1. The summed E-state index contributed by atoms with van der Waals surface area (Å²) in [6.45, 7) is 1.83. The van der Waals surface area contributed by atoms with Crippen molar-refractivity contribution in [2.24, 2.45) is 0 Å². The third-order valence-electron chi connectivity index (χ3n) is 4.16. The molecular weight excluding hydrogens is 371 g/mol. The fourth-order valence-electron chi connectivity index (χ4n) is 2.73. The molecule has 2 aromatic carbocycles. The van der Waals surface area contributed by atoms with Crippen molar-refractivity contribution in [3.63, 3.8) is 0 Å². The number of anilines is 1. The molecule has 0 radical (unpaired) electrons. The Morgan fingerprint density at radius 3 is 2.41 bits per heavy atom. The van der Waals surface area contributed by atoms with Crippen LogP contribution in [0.1, 0.15) is 16.1 Å². The van der Waals surface area contributed by atoms with Crippen LogP contribution < -0.4 is 10.1 Å². The minimum absolute atomic E-state index is 0.322. The first-order valence-electron chi connectivity index (χ1n) is 8.91. The van der Waals surface area contributed by atoms with Gasteiger partial charge in [0.05, 0.1) is 11.9 Å². The SMILES string of the molecule is Cc1cn(-c2ccccc2)nc1C(=O)Nc1ccc(Oc2ccc(F)cc2)cn1. The number of benzene rings is 2. The van der Waals surface area contributed by atoms with Crippen LogP contribution in [-0.2, 0) is 0 Å².